The summed E-state index contributed by atoms with van der Waals surface area (Å²) in [6, 6.07) is 4.33. The van der Waals surface area contributed by atoms with E-state index in [-0.39, 0.29) is 24.0 Å². The Morgan fingerprint density at radius 3 is 2.78 bits per heavy atom. The van der Waals surface area contributed by atoms with E-state index in [1.807, 2.05) is 17.8 Å². The molecule has 1 aromatic rings. The van der Waals surface area contributed by atoms with Gasteiger partial charge in [-0.2, -0.15) is 0 Å². The summed E-state index contributed by atoms with van der Waals surface area (Å²) in [5, 5.41) is 4.36. The summed E-state index contributed by atoms with van der Waals surface area (Å²) in [5.74, 6) is 0. The van der Waals surface area contributed by atoms with Crippen LogP contribution in [0.25, 0.3) is 0 Å². The molecule has 1 heterocycles. The fourth-order valence-corrected chi connectivity index (χ4v) is 4.89. The third-order valence-corrected chi connectivity index (χ3v) is 5.23. The van der Waals surface area contributed by atoms with Gasteiger partial charge in [0, 0.05) is 15.5 Å². The number of halogens is 4. The van der Waals surface area contributed by atoms with Gasteiger partial charge in [0.1, 0.15) is 5.50 Å². The summed E-state index contributed by atoms with van der Waals surface area (Å²) in [6.45, 7) is 2.18. The van der Waals surface area contributed by atoms with Gasteiger partial charge in [-0.15, -0.1) is 35.7 Å². The minimum atomic E-state index is 0. The number of nitrogens with zero attached hydrogens (tertiary/aromatic N) is 1. The Bertz CT molecular complexity index is 436. The van der Waals surface area contributed by atoms with Crippen molar-refractivity contribution in [2.75, 3.05) is 15.7 Å². The predicted molar refractivity (Wildman–Crippen MR) is 105 cm³/mol. The molecule has 0 spiro atoms. The minimum Gasteiger partial charge on any atom is -0.337 e. The van der Waals surface area contributed by atoms with E-state index >= 15 is 0 Å². The molecule has 2 unspecified atom stereocenters. The third kappa shape index (κ3) is 3.41. The Balaban J connectivity index is 0.00000162. The van der Waals surface area contributed by atoms with Crippen LogP contribution in [0.3, 0.4) is 0 Å². The van der Waals surface area contributed by atoms with E-state index < -0.39 is 0 Å². The zero-order valence-corrected chi connectivity index (χ0v) is 17.6. The first-order valence-electron chi connectivity index (χ1n) is 5.19. The normalized spacial score (nSPS) is 22.4. The lowest BCUT2D eigenvalue weighted by Gasteiger charge is -2.41. The Hall–Kier alpha value is 1.56. The molecule has 0 fully saturated rings. The molecule has 1 N–H and O–H groups in total. The van der Waals surface area contributed by atoms with E-state index in [0.717, 1.165) is 14.0 Å². The van der Waals surface area contributed by atoms with Crippen molar-refractivity contribution in [1.82, 2.24) is 5.32 Å². The maximum Gasteiger partial charge on any atom is 0.129 e. The summed E-state index contributed by atoms with van der Waals surface area (Å²) >= 11 is 14.0. The van der Waals surface area contributed by atoms with Crippen molar-refractivity contribution in [3.8, 4) is 0 Å². The van der Waals surface area contributed by atoms with Crippen LogP contribution in [-0.2, 0) is 0 Å². The molecule has 0 aliphatic carbocycles. The molecule has 2 nitrogen and oxygen atoms in total. The second-order valence-electron chi connectivity index (χ2n) is 3.89. The van der Waals surface area contributed by atoms with Gasteiger partial charge in [-0.05, 0) is 46.8 Å². The predicted octanol–water partition coefficient (Wildman–Crippen LogP) is 5.23. The second-order valence-corrected chi connectivity index (χ2v) is 6.78. The van der Waals surface area contributed by atoms with Crippen LogP contribution < -0.4 is 10.2 Å². The van der Waals surface area contributed by atoms with Crippen molar-refractivity contribution in [2.24, 2.45) is 0 Å². The Labute approximate surface area is 156 Å². The van der Waals surface area contributed by atoms with E-state index in [4.69, 9.17) is 11.6 Å². The van der Waals surface area contributed by atoms with Gasteiger partial charge in [0.15, 0.2) is 0 Å². The Kier molecular flexibility index (Phi) is 7.37. The van der Waals surface area contributed by atoms with Crippen LogP contribution in [0, 0.1) is 0 Å². The first kappa shape index (κ1) is 17.6. The van der Waals surface area contributed by atoms with E-state index in [1.165, 1.54) is 11.3 Å². The van der Waals surface area contributed by atoms with E-state index in [2.05, 4.69) is 68.0 Å². The minimum absolute atomic E-state index is 0. The highest BCUT2D eigenvalue weighted by Gasteiger charge is 2.30. The topological polar surface area (TPSA) is 15.3 Å². The van der Waals surface area contributed by atoms with Crippen molar-refractivity contribution < 1.29 is 0 Å². The Morgan fingerprint density at radius 1 is 1.56 bits per heavy atom. The standard InChI is InChI=1S/C11H13BrClIN2S.HI/c1-6-8-3-7(13)4-9(12)10(8)16(5-14)11(15-6)17-2;/h3-4,6,11,15H,5H2,1-2H3;1H. The lowest BCUT2D eigenvalue weighted by atomic mass is 10.0. The largest absolute Gasteiger partial charge is 0.337 e. The molecule has 0 amide bonds. The molecule has 102 valence electrons. The van der Waals surface area contributed by atoms with Gasteiger partial charge >= 0.3 is 0 Å². The van der Waals surface area contributed by atoms with E-state index in [1.54, 1.807) is 0 Å². The highest BCUT2D eigenvalue weighted by atomic mass is 127. The van der Waals surface area contributed by atoms with Crippen LogP contribution in [-0.4, -0.2) is 16.3 Å². The molecule has 0 saturated carbocycles. The van der Waals surface area contributed by atoms with Gasteiger partial charge in [0.2, 0.25) is 0 Å². The molecule has 2 atom stereocenters. The number of fused-ring (bicyclic) bond motifs is 1. The van der Waals surface area contributed by atoms with Crippen LogP contribution in [0.2, 0.25) is 5.02 Å². The number of benzene rings is 1. The monoisotopic (exact) mass is 574 g/mol. The third-order valence-electron chi connectivity index (χ3n) is 2.84. The number of alkyl halides is 1. The fraction of sp³-hybridized carbons (Fsp3) is 0.455. The smallest absolute Gasteiger partial charge is 0.129 e. The summed E-state index contributed by atoms with van der Waals surface area (Å²) in [6.07, 6.45) is 2.12. The van der Waals surface area contributed by atoms with Gasteiger partial charge in [-0.3, -0.25) is 5.32 Å². The first-order valence-corrected chi connectivity index (χ1v) is 9.17. The van der Waals surface area contributed by atoms with E-state index in [0.29, 0.717) is 11.5 Å². The first-order chi connectivity index (χ1) is 8.08. The number of hydrogen-bond donors (Lipinski definition) is 1. The quantitative estimate of drug-likeness (QED) is 0.296. The molecule has 18 heavy (non-hydrogen) atoms. The van der Waals surface area contributed by atoms with Crippen molar-refractivity contribution in [1.29, 1.82) is 0 Å². The summed E-state index contributed by atoms with van der Waals surface area (Å²) in [4.78, 5) is 2.35. The number of thioether (sulfide) groups is 1. The van der Waals surface area contributed by atoms with Gasteiger partial charge < -0.3 is 4.90 Å². The number of anilines is 1. The lowest BCUT2D eigenvalue weighted by molar-refractivity contribution is 0.516. The van der Waals surface area contributed by atoms with Gasteiger partial charge in [0.25, 0.3) is 0 Å². The van der Waals surface area contributed by atoms with Crippen LogP contribution in [0.1, 0.15) is 18.5 Å². The fourth-order valence-electron chi connectivity index (χ4n) is 2.05. The highest BCUT2D eigenvalue weighted by molar-refractivity contribution is 14.1. The van der Waals surface area contributed by atoms with Crippen molar-refractivity contribution in [2.45, 2.75) is 18.5 Å². The molecule has 1 aliphatic heterocycles. The molecule has 7 heteroatoms. The van der Waals surface area contributed by atoms with Crippen molar-refractivity contribution in [3.63, 3.8) is 0 Å². The highest BCUT2D eigenvalue weighted by Crippen LogP contribution is 2.42. The lowest BCUT2D eigenvalue weighted by Crippen LogP contribution is -2.48. The SMILES string of the molecule is CSC1NC(C)c2cc(Cl)cc(Br)c2N1CI.I. The van der Waals surface area contributed by atoms with Crippen molar-refractivity contribution in [3.05, 3.63) is 27.2 Å². The molecule has 2 rings (SSSR count). The zero-order chi connectivity index (χ0) is 12.6. The van der Waals surface area contributed by atoms with Gasteiger partial charge in [-0.1, -0.05) is 34.2 Å². The average Bonchev–Trinajstić information content (AvgIpc) is 2.29. The maximum atomic E-state index is 6.13. The summed E-state index contributed by atoms with van der Waals surface area (Å²) < 4.78 is 2.01. The van der Waals surface area contributed by atoms with Gasteiger partial charge in [-0.25, -0.2) is 0 Å². The van der Waals surface area contributed by atoms with Crippen LogP contribution in [0.4, 0.5) is 5.69 Å². The maximum absolute atomic E-state index is 6.13. The molecule has 1 aliphatic rings. The molecular formula is C11H14BrClI2N2S. The molecule has 0 radical (unpaired) electrons. The average molecular weight is 575 g/mol. The molecular weight excluding hydrogens is 561 g/mol. The number of rotatable bonds is 2. The van der Waals surface area contributed by atoms with Crippen molar-refractivity contribution >= 4 is 91.5 Å². The van der Waals surface area contributed by atoms with Crippen LogP contribution in [0.5, 0.6) is 0 Å². The summed E-state index contributed by atoms with van der Waals surface area (Å²) in [5.41, 5.74) is 2.83. The second kappa shape index (κ2) is 7.53. The van der Waals surface area contributed by atoms with Crippen LogP contribution in [0.15, 0.2) is 16.6 Å². The molecule has 0 bridgehead atoms. The van der Waals surface area contributed by atoms with E-state index in [9.17, 15) is 0 Å². The zero-order valence-electron chi connectivity index (χ0n) is 9.91. The molecule has 1 aromatic carbocycles. The number of hydrogen-bond acceptors (Lipinski definition) is 3. The Morgan fingerprint density at radius 2 is 2.22 bits per heavy atom. The van der Waals surface area contributed by atoms with Crippen LogP contribution >= 0.6 is 85.9 Å². The number of nitrogens with one attached hydrogen (secondary N) is 1. The molecule has 0 aromatic heterocycles. The summed E-state index contributed by atoms with van der Waals surface area (Å²) in [7, 11) is 0. The van der Waals surface area contributed by atoms with Gasteiger partial charge in [0.05, 0.1) is 10.2 Å². The molecule has 0 saturated heterocycles.